The third kappa shape index (κ3) is 4.38. The number of carbonyl (C=O) groups excluding carboxylic acids is 1. The summed E-state index contributed by atoms with van der Waals surface area (Å²) in [5.74, 6) is -0.195. The fourth-order valence-corrected chi connectivity index (χ4v) is 4.90. The van der Waals surface area contributed by atoms with E-state index in [0.717, 1.165) is 18.5 Å². The highest BCUT2D eigenvalue weighted by molar-refractivity contribution is 7.99. The van der Waals surface area contributed by atoms with Gasteiger partial charge in [-0.25, -0.2) is 4.68 Å². The molecule has 0 spiro atoms. The first kappa shape index (κ1) is 20.3. The molecule has 1 aliphatic rings. The number of hydrogen-bond acceptors (Lipinski definition) is 5. The molecule has 3 aromatic carbocycles. The minimum absolute atomic E-state index is 0.195. The van der Waals surface area contributed by atoms with E-state index < -0.39 is 0 Å². The van der Waals surface area contributed by atoms with E-state index in [4.69, 9.17) is 0 Å². The van der Waals surface area contributed by atoms with E-state index in [0.29, 0.717) is 18.8 Å². The van der Waals surface area contributed by atoms with E-state index in [1.54, 1.807) is 22.6 Å². The van der Waals surface area contributed by atoms with Gasteiger partial charge < -0.3 is 10.2 Å². The monoisotopic (exact) mass is 441 g/mol. The predicted molar refractivity (Wildman–Crippen MR) is 127 cm³/mol. The summed E-state index contributed by atoms with van der Waals surface area (Å²) in [4.78, 5) is 17.4. The van der Waals surface area contributed by atoms with Gasteiger partial charge in [-0.1, -0.05) is 71.6 Å². The van der Waals surface area contributed by atoms with Gasteiger partial charge in [0.25, 0.3) is 5.91 Å². The molecule has 5 rings (SSSR count). The molecular formula is C25H23N5OS. The van der Waals surface area contributed by atoms with Crippen LogP contribution < -0.4 is 10.2 Å². The molecule has 1 N–H and O–H groups in total. The molecule has 0 atom stereocenters. The highest BCUT2D eigenvalue weighted by Gasteiger charge is 2.22. The first-order valence-corrected chi connectivity index (χ1v) is 11.5. The molecule has 1 aromatic heterocycles. The van der Waals surface area contributed by atoms with E-state index >= 15 is 0 Å². The van der Waals surface area contributed by atoms with Crippen molar-refractivity contribution in [3.8, 4) is 0 Å². The zero-order chi connectivity index (χ0) is 21.8. The Morgan fingerprint density at radius 1 is 0.875 bits per heavy atom. The number of amides is 1. The van der Waals surface area contributed by atoms with E-state index in [9.17, 15) is 4.79 Å². The Hall–Kier alpha value is -3.58. The molecule has 1 aliphatic heterocycles. The van der Waals surface area contributed by atoms with Crippen molar-refractivity contribution in [3.63, 3.8) is 0 Å². The summed E-state index contributed by atoms with van der Waals surface area (Å²) >= 11 is 1.80. The van der Waals surface area contributed by atoms with Gasteiger partial charge in [-0.2, -0.15) is 0 Å². The summed E-state index contributed by atoms with van der Waals surface area (Å²) in [7, 11) is 0. The smallest absolute Gasteiger partial charge is 0.273 e. The molecule has 7 heteroatoms. The number of rotatable bonds is 7. The third-order valence-electron chi connectivity index (χ3n) is 5.33. The topological polar surface area (TPSA) is 63.1 Å². The number of nitrogens with zero attached hydrogens (tertiary/aromatic N) is 4. The maximum atomic E-state index is 12.5. The van der Waals surface area contributed by atoms with Crippen LogP contribution in [0.3, 0.4) is 0 Å². The Morgan fingerprint density at radius 2 is 1.53 bits per heavy atom. The number of para-hydroxylation sites is 2. The molecular weight excluding hydrogens is 418 g/mol. The third-order valence-corrected chi connectivity index (χ3v) is 6.47. The highest BCUT2D eigenvalue weighted by atomic mass is 32.2. The van der Waals surface area contributed by atoms with Crippen molar-refractivity contribution >= 4 is 29.0 Å². The molecule has 0 saturated carbocycles. The Morgan fingerprint density at radius 3 is 2.25 bits per heavy atom. The van der Waals surface area contributed by atoms with Gasteiger partial charge in [0, 0.05) is 22.9 Å². The molecule has 0 fully saturated rings. The number of carbonyl (C=O) groups is 1. The molecule has 2 heterocycles. The van der Waals surface area contributed by atoms with Crippen LogP contribution in [0.5, 0.6) is 0 Å². The second-order valence-electron chi connectivity index (χ2n) is 7.59. The number of nitrogens with one attached hydrogen (secondary N) is 1. The summed E-state index contributed by atoms with van der Waals surface area (Å²) in [5.41, 5.74) is 3.88. The lowest BCUT2D eigenvalue weighted by Crippen LogP contribution is -2.29. The summed E-state index contributed by atoms with van der Waals surface area (Å²) in [5, 5.41) is 11.1. The first-order chi connectivity index (χ1) is 15.8. The standard InChI is InChI=1S/C25H23N5OS/c31-25(20-18-29(28-27-20)17-19-9-2-1-3-10-19)26-15-8-16-30-21-11-4-6-13-23(21)32-24-14-7-5-12-22(24)30/h1-7,9-14,18H,8,15-17H2,(H,26,31). The highest BCUT2D eigenvalue weighted by Crippen LogP contribution is 2.47. The SMILES string of the molecule is O=C(NCCCN1c2ccccc2Sc2ccccc21)c1cn(Cc2ccccc2)nn1. The maximum absolute atomic E-state index is 12.5. The van der Waals surface area contributed by atoms with Crippen molar-refractivity contribution in [3.05, 3.63) is 96.3 Å². The van der Waals surface area contributed by atoms with Gasteiger partial charge in [0.05, 0.1) is 24.1 Å². The van der Waals surface area contributed by atoms with Gasteiger partial charge in [0.15, 0.2) is 5.69 Å². The minimum Gasteiger partial charge on any atom is -0.351 e. The van der Waals surface area contributed by atoms with E-state index in [2.05, 4.69) is 69.1 Å². The summed E-state index contributed by atoms with van der Waals surface area (Å²) < 4.78 is 1.68. The van der Waals surface area contributed by atoms with E-state index in [1.165, 1.54) is 21.2 Å². The van der Waals surface area contributed by atoms with Crippen LogP contribution in [-0.2, 0) is 6.54 Å². The molecule has 0 aliphatic carbocycles. The zero-order valence-corrected chi connectivity index (χ0v) is 18.3. The Kier molecular flexibility index (Phi) is 5.89. The van der Waals surface area contributed by atoms with Crippen LogP contribution in [0, 0.1) is 0 Å². The average molecular weight is 442 g/mol. The second-order valence-corrected chi connectivity index (χ2v) is 8.67. The first-order valence-electron chi connectivity index (χ1n) is 10.6. The zero-order valence-electron chi connectivity index (χ0n) is 17.5. The fraction of sp³-hybridized carbons (Fsp3) is 0.160. The van der Waals surface area contributed by atoms with Crippen LogP contribution >= 0.6 is 11.8 Å². The maximum Gasteiger partial charge on any atom is 0.273 e. The van der Waals surface area contributed by atoms with Crippen molar-refractivity contribution in [2.24, 2.45) is 0 Å². The van der Waals surface area contributed by atoms with E-state index in [-0.39, 0.29) is 5.91 Å². The van der Waals surface area contributed by atoms with Crippen molar-refractivity contribution in [1.82, 2.24) is 20.3 Å². The summed E-state index contributed by atoms with van der Waals surface area (Å²) in [6.45, 7) is 1.97. The molecule has 0 unspecified atom stereocenters. The molecule has 0 radical (unpaired) electrons. The number of anilines is 2. The Balaban J connectivity index is 1.18. The molecule has 160 valence electrons. The van der Waals surface area contributed by atoms with Crippen LogP contribution in [-0.4, -0.2) is 34.0 Å². The van der Waals surface area contributed by atoms with Gasteiger partial charge >= 0.3 is 0 Å². The van der Waals surface area contributed by atoms with Crippen LogP contribution in [0.25, 0.3) is 0 Å². The lowest BCUT2D eigenvalue weighted by atomic mass is 10.2. The van der Waals surface area contributed by atoms with Gasteiger partial charge in [-0.05, 0) is 36.2 Å². The quantitative estimate of drug-likeness (QED) is 0.420. The largest absolute Gasteiger partial charge is 0.351 e. The summed E-state index contributed by atoms with van der Waals surface area (Å²) in [6, 6.07) is 26.9. The van der Waals surface area contributed by atoms with Crippen molar-refractivity contribution in [1.29, 1.82) is 0 Å². The second kappa shape index (κ2) is 9.28. The predicted octanol–water partition coefficient (Wildman–Crippen LogP) is 4.75. The van der Waals surface area contributed by atoms with Crippen molar-refractivity contribution < 1.29 is 4.79 Å². The van der Waals surface area contributed by atoms with Gasteiger partial charge in [-0.3, -0.25) is 4.79 Å². The minimum atomic E-state index is -0.195. The Labute approximate surface area is 191 Å². The van der Waals surface area contributed by atoms with E-state index in [1.807, 2.05) is 30.3 Å². The molecule has 0 saturated heterocycles. The lowest BCUT2D eigenvalue weighted by Gasteiger charge is -2.32. The van der Waals surface area contributed by atoms with Gasteiger partial charge in [-0.15, -0.1) is 5.10 Å². The van der Waals surface area contributed by atoms with Crippen LogP contribution in [0.15, 0.2) is 94.9 Å². The molecule has 32 heavy (non-hydrogen) atoms. The number of fused-ring (bicyclic) bond motifs is 2. The van der Waals surface area contributed by atoms with Crippen molar-refractivity contribution in [2.45, 2.75) is 22.8 Å². The van der Waals surface area contributed by atoms with Gasteiger partial charge in [0.2, 0.25) is 0 Å². The number of aromatic nitrogens is 3. The summed E-state index contributed by atoms with van der Waals surface area (Å²) in [6.07, 6.45) is 2.51. The molecule has 6 nitrogen and oxygen atoms in total. The number of hydrogen-bond donors (Lipinski definition) is 1. The lowest BCUT2D eigenvalue weighted by molar-refractivity contribution is 0.0948. The molecule has 4 aromatic rings. The normalized spacial score (nSPS) is 12.2. The average Bonchev–Trinajstić information content (AvgIpc) is 3.30. The Bertz CT molecular complexity index is 1180. The van der Waals surface area contributed by atoms with Crippen LogP contribution in [0.2, 0.25) is 0 Å². The molecule has 1 amide bonds. The fourth-order valence-electron chi connectivity index (χ4n) is 3.80. The molecule has 0 bridgehead atoms. The van der Waals surface area contributed by atoms with Crippen molar-refractivity contribution in [2.75, 3.05) is 18.0 Å². The van der Waals surface area contributed by atoms with Crippen LogP contribution in [0.1, 0.15) is 22.5 Å². The number of benzene rings is 3. The van der Waals surface area contributed by atoms with Gasteiger partial charge in [0.1, 0.15) is 0 Å². The van der Waals surface area contributed by atoms with Crippen LogP contribution in [0.4, 0.5) is 11.4 Å².